The van der Waals surface area contributed by atoms with E-state index >= 15 is 0 Å². The Morgan fingerprint density at radius 3 is 2.61 bits per heavy atom. The van der Waals surface area contributed by atoms with Gasteiger partial charge in [0.1, 0.15) is 30.2 Å². The molecular formula is C31H41N3O10. The number of esters is 1. The van der Waals surface area contributed by atoms with Crippen molar-refractivity contribution in [2.24, 2.45) is 22.7 Å². The van der Waals surface area contributed by atoms with Crippen LogP contribution in [0, 0.1) is 22.7 Å². The Bertz CT molecular complexity index is 1440. The van der Waals surface area contributed by atoms with E-state index < -0.39 is 60.4 Å². The minimum absolute atomic E-state index is 0.0222. The molecule has 1 saturated heterocycles. The van der Waals surface area contributed by atoms with Crippen LogP contribution in [0.5, 0.6) is 0 Å². The topological polar surface area (TPSA) is 218 Å². The number of aromatic amines is 1. The number of nitrogen functional groups attached to an aromatic ring is 1. The first-order chi connectivity index (χ1) is 20.8. The van der Waals surface area contributed by atoms with Crippen LogP contribution in [0.25, 0.3) is 6.08 Å². The van der Waals surface area contributed by atoms with Crippen LogP contribution >= 0.6 is 0 Å². The third-order valence-electron chi connectivity index (χ3n) is 10.0. The van der Waals surface area contributed by atoms with Crippen molar-refractivity contribution < 1.29 is 44.5 Å². The number of fused-ring (bicyclic) bond motifs is 1. The van der Waals surface area contributed by atoms with Gasteiger partial charge in [0.2, 0.25) is 0 Å². The van der Waals surface area contributed by atoms with E-state index in [9.17, 15) is 35.1 Å². The van der Waals surface area contributed by atoms with E-state index in [0.29, 0.717) is 24.8 Å². The number of hydrogen-bond donors (Lipinski definition) is 7. The molecule has 7 unspecified atom stereocenters. The zero-order chi connectivity index (χ0) is 32.0. The molecule has 5 rings (SSSR count). The van der Waals surface area contributed by atoms with E-state index in [4.69, 9.17) is 19.9 Å². The second kappa shape index (κ2) is 12.3. The fourth-order valence-corrected chi connectivity index (χ4v) is 7.51. The maximum atomic E-state index is 12.7. The Morgan fingerprint density at radius 2 is 1.93 bits per heavy atom. The van der Waals surface area contributed by atoms with Crippen LogP contribution in [0.3, 0.4) is 0 Å². The lowest BCUT2D eigenvalue weighted by Crippen LogP contribution is -2.63. The van der Waals surface area contributed by atoms with Gasteiger partial charge in [0.15, 0.2) is 12.2 Å². The molecule has 2 aliphatic carbocycles. The quantitative estimate of drug-likeness (QED) is 0.125. The fourth-order valence-electron chi connectivity index (χ4n) is 7.51. The average Bonchev–Trinajstić information content (AvgIpc) is 3.34. The summed E-state index contributed by atoms with van der Waals surface area (Å²) in [6.45, 7) is 7.62. The highest BCUT2D eigenvalue weighted by Crippen LogP contribution is 2.62. The monoisotopic (exact) mass is 615 g/mol. The van der Waals surface area contributed by atoms with Gasteiger partial charge in [0, 0.05) is 17.5 Å². The van der Waals surface area contributed by atoms with Crippen molar-refractivity contribution in [3.8, 4) is 0 Å². The molecule has 10 atom stereocenters. The van der Waals surface area contributed by atoms with Gasteiger partial charge in [-0.3, -0.25) is 9.78 Å². The van der Waals surface area contributed by atoms with Crippen LogP contribution < -0.4 is 11.3 Å². The number of rotatable bonds is 7. The summed E-state index contributed by atoms with van der Waals surface area (Å²) in [5.74, 6) is -0.602. The minimum Gasteiger partial charge on any atom is -0.423 e. The van der Waals surface area contributed by atoms with Crippen LogP contribution in [-0.4, -0.2) is 91.5 Å². The molecule has 1 aromatic heterocycles. The number of aromatic nitrogens is 2. The highest BCUT2D eigenvalue weighted by molar-refractivity contribution is 5.96. The molecule has 0 radical (unpaired) electrons. The zero-order valence-electron chi connectivity index (χ0n) is 24.8. The number of aliphatic hydroxyl groups is 5. The number of aliphatic hydroxyl groups excluding tert-OH is 5. The van der Waals surface area contributed by atoms with Crippen molar-refractivity contribution in [1.82, 2.24) is 9.97 Å². The third kappa shape index (κ3) is 5.69. The maximum absolute atomic E-state index is 12.7. The maximum Gasteiger partial charge on any atom is 0.343 e. The standard InChI is InChI=1S/C31H41N3O10/c1-15-4-7-21-30(2,9-8-22(31(21,3)14-36)44-28-25(39)24(38)23(37)20(13-35)43-28)19(15)6-5-16-10-18(42-27(16)41)11-17-12-33-29(32)34-26(17)40/h5-6,10-12,19-25,28,35-39H,1,4,7-9,13-14H2,2-3H3,(H3,32,33,34,40)/t19?,20?,21?,22-,23?,24?,25?,28?,30-,31+/m1/s1. The molecular weight excluding hydrogens is 574 g/mol. The first-order valence-electron chi connectivity index (χ1n) is 14.8. The minimum atomic E-state index is -1.57. The number of carbonyl (C=O) groups excluding carboxylic acids is 1. The molecule has 2 aliphatic heterocycles. The Kier molecular flexibility index (Phi) is 9.02. The number of nitrogens with one attached hydrogen (secondary N) is 1. The van der Waals surface area contributed by atoms with Gasteiger partial charge in [0.05, 0.1) is 30.5 Å². The van der Waals surface area contributed by atoms with Crippen molar-refractivity contribution >= 4 is 18.0 Å². The van der Waals surface area contributed by atoms with Crippen LogP contribution in [0.1, 0.15) is 45.1 Å². The lowest BCUT2D eigenvalue weighted by molar-refractivity contribution is -0.329. The number of allylic oxidation sites excluding steroid dienone is 3. The van der Waals surface area contributed by atoms with Gasteiger partial charge in [-0.25, -0.2) is 9.78 Å². The van der Waals surface area contributed by atoms with Gasteiger partial charge < -0.3 is 45.5 Å². The number of nitrogens with zero attached hydrogens (tertiary/aromatic N) is 1. The number of H-pyrrole nitrogens is 1. The number of carbonyl (C=O) groups is 1. The Labute approximate surface area is 254 Å². The number of ether oxygens (including phenoxy) is 3. The number of anilines is 1. The Morgan fingerprint density at radius 1 is 1.18 bits per heavy atom. The summed E-state index contributed by atoms with van der Waals surface area (Å²) in [5.41, 5.74) is 5.37. The Hall–Kier alpha value is -3.17. The summed E-state index contributed by atoms with van der Waals surface area (Å²) >= 11 is 0. The highest BCUT2D eigenvalue weighted by atomic mass is 16.7. The molecule has 13 nitrogen and oxygen atoms in total. The summed E-state index contributed by atoms with van der Waals surface area (Å²) in [4.78, 5) is 31.1. The molecule has 0 amide bonds. The zero-order valence-corrected chi connectivity index (χ0v) is 24.8. The van der Waals surface area contributed by atoms with Crippen LogP contribution in [0.2, 0.25) is 0 Å². The summed E-state index contributed by atoms with van der Waals surface area (Å²) in [6, 6.07) is 0. The summed E-state index contributed by atoms with van der Waals surface area (Å²) in [7, 11) is 0. The lowest BCUT2D eigenvalue weighted by atomic mass is 9.46. The van der Waals surface area contributed by atoms with Crippen molar-refractivity contribution in [3.63, 3.8) is 0 Å². The molecule has 0 aromatic carbocycles. The van der Waals surface area contributed by atoms with E-state index in [2.05, 4.69) is 23.5 Å². The summed E-state index contributed by atoms with van der Waals surface area (Å²) in [5, 5.41) is 51.3. The van der Waals surface area contributed by atoms with E-state index in [1.54, 1.807) is 12.2 Å². The van der Waals surface area contributed by atoms with Crippen molar-refractivity contribution in [1.29, 1.82) is 0 Å². The molecule has 3 heterocycles. The molecule has 1 aromatic rings. The first kappa shape index (κ1) is 32.2. The molecule has 44 heavy (non-hydrogen) atoms. The molecule has 3 fully saturated rings. The normalized spacial score (nSPS) is 40.2. The van der Waals surface area contributed by atoms with Crippen LogP contribution in [-0.2, 0) is 19.0 Å². The van der Waals surface area contributed by atoms with Crippen LogP contribution in [0.15, 0.2) is 52.7 Å². The van der Waals surface area contributed by atoms with Crippen LogP contribution in [0.4, 0.5) is 5.95 Å². The summed E-state index contributed by atoms with van der Waals surface area (Å²) < 4.78 is 17.2. The van der Waals surface area contributed by atoms with Gasteiger partial charge in [-0.05, 0) is 49.2 Å². The van der Waals surface area contributed by atoms with E-state index in [-0.39, 0.29) is 41.1 Å². The van der Waals surface area contributed by atoms with Crippen molar-refractivity contribution in [3.05, 3.63) is 63.8 Å². The first-order valence-corrected chi connectivity index (χ1v) is 14.8. The van der Waals surface area contributed by atoms with Gasteiger partial charge in [-0.1, -0.05) is 38.2 Å². The number of nitrogens with two attached hydrogens (primary N) is 1. The molecule has 4 aliphatic rings. The van der Waals surface area contributed by atoms with Gasteiger partial charge in [0.25, 0.3) is 5.56 Å². The molecule has 0 bridgehead atoms. The molecule has 240 valence electrons. The largest absolute Gasteiger partial charge is 0.423 e. The van der Waals surface area contributed by atoms with Gasteiger partial charge in [-0.15, -0.1) is 0 Å². The lowest BCUT2D eigenvalue weighted by Gasteiger charge is -2.60. The molecule has 13 heteroatoms. The highest BCUT2D eigenvalue weighted by Gasteiger charge is 2.59. The number of cyclic esters (lactones) is 1. The summed E-state index contributed by atoms with van der Waals surface area (Å²) in [6.07, 6.45) is 2.86. The molecule has 2 saturated carbocycles. The Balaban J connectivity index is 1.37. The van der Waals surface area contributed by atoms with E-state index in [1.807, 2.05) is 13.0 Å². The smallest absolute Gasteiger partial charge is 0.343 e. The van der Waals surface area contributed by atoms with E-state index in [0.717, 1.165) is 12.0 Å². The van der Waals surface area contributed by atoms with Crippen molar-refractivity contribution in [2.45, 2.75) is 76.3 Å². The third-order valence-corrected chi connectivity index (χ3v) is 10.0. The second-order valence-corrected chi connectivity index (χ2v) is 12.7. The van der Waals surface area contributed by atoms with Gasteiger partial charge >= 0.3 is 5.97 Å². The fraction of sp³-hybridized carbons (Fsp3) is 0.581. The van der Waals surface area contributed by atoms with Gasteiger partial charge in [-0.2, -0.15) is 0 Å². The predicted octanol–water partition coefficient (Wildman–Crippen LogP) is 0.299. The van der Waals surface area contributed by atoms with E-state index in [1.165, 1.54) is 12.3 Å². The molecule has 0 spiro atoms. The average molecular weight is 616 g/mol. The van der Waals surface area contributed by atoms with Crippen molar-refractivity contribution in [2.75, 3.05) is 18.9 Å². The molecule has 8 N–H and O–H groups in total. The second-order valence-electron chi connectivity index (χ2n) is 12.7. The predicted molar refractivity (Wildman–Crippen MR) is 157 cm³/mol. The SMILES string of the molecule is C=C1CCC2[C@](C)(CC[C@@H](OC3OC(CO)C(O)C(O)C3O)[C@@]2(C)CO)C1C=CC1=CC(=Cc2cnc(N)[nH]c2=O)OC1=O. The number of hydrogen-bond acceptors (Lipinski definition) is 12.